The third-order valence-corrected chi connectivity index (χ3v) is 0.866. The van der Waals surface area contributed by atoms with E-state index in [9.17, 15) is 0 Å². The molecule has 0 aromatic heterocycles. The number of rotatable bonds is 1. The Morgan fingerprint density at radius 2 is 2.25 bits per heavy atom. The molecular formula is C2H5PS. The summed E-state index contributed by atoms with van der Waals surface area (Å²) in [5, 5.41) is 1.67. The zero-order valence-corrected chi connectivity index (χ0v) is 4.24. The molecule has 0 saturated carbocycles. The Balaban J connectivity index is 2.30. The first-order chi connectivity index (χ1) is 1.91. The van der Waals surface area contributed by atoms with Gasteiger partial charge < -0.3 is 0 Å². The van der Waals surface area contributed by atoms with Gasteiger partial charge in [-0.2, -0.15) is 0 Å². The second-order valence-corrected chi connectivity index (χ2v) is 1.21. The maximum atomic E-state index is 4.41. The monoisotopic (exact) mass is 92.0 g/mol. The Kier molecular flexibility index (Phi) is 3.98. The van der Waals surface area contributed by atoms with E-state index in [1.165, 1.54) is 0 Å². The summed E-state index contributed by atoms with van der Waals surface area (Å²) in [4.78, 5) is 0. The van der Waals surface area contributed by atoms with Crippen molar-refractivity contribution in [1.82, 2.24) is 0 Å². The summed E-state index contributed by atoms with van der Waals surface area (Å²) in [5.74, 6) is 0. The summed E-state index contributed by atoms with van der Waals surface area (Å²) in [7, 11) is 2.50. The van der Waals surface area contributed by atoms with Gasteiger partial charge in [0.25, 0.3) is 0 Å². The molecule has 0 aromatic carbocycles. The van der Waals surface area contributed by atoms with Crippen molar-refractivity contribution in [2.24, 2.45) is 0 Å². The lowest BCUT2D eigenvalue weighted by Gasteiger charge is -1.55. The molecule has 0 amide bonds. The van der Waals surface area contributed by atoms with Crippen molar-refractivity contribution < 1.29 is 0 Å². The second-order valence-electron chi connectivity index (χ2n) is 0.402. The first kappa shape index (κ1) is 4.52. The van der Waals surface area contributed by atoms with Gasteiger partial charge in [-0.25, -0.2) is 0 Å². The Bertz CT molecular complexity index is 20.0. The average molecular weight is 92.1 g/mol. The van der Waals surface area contributed by atoms with Gasteiger partial charge >= 0.3 is 0 Å². The Morgan fingerprint density at radius 3 is 2.25 bits per heavy atom. The van der Waals surface area contributed by atoms with Crippen LogP contribution in [0.25, 0.3) is 0 Å². The van der Waals surface area contributed by atoms with Crippen LogP contribution in [0.4, 0.5) is 0 Å². The number of hydrogen-bond donors (Lipinski definition) is 0. The van der Waals surface area contributed by atoms with Crippen LogP contribution in [0.15, 0.2) is 0 Å². The molecule has 24 valence electrons. The fourth-order valence-electron chi connectivity index (χ4n) is 0. The van der Waals surface area contributed by atoms with E-state index in [0.29, 0.717) is 0 Å². The van der Waals surface area contributed by atoms with Crippen molar-refractivity contribution in [3.8, 4) is 0 Å². The first-order valence-corrected chi connectivity index (χ1v) is 2.34. The molecule has 0 fully saturated rings. The molecule has 0 aliphatic heterocycles. The molecule has 0 radical (unpaired) electrons. The molecule has 0 aliphatic rings. The van der Waals surface area contributed by atoms with E-state index in [1.54, 1.807) is 5.37 Å². The highest BCUT2D eigenvalue weighted by molar-refractivity contribution is 7.79. The lowest BCUT2D eigenvalue weighted by Crippen LogP contribution is -1.56. The predicted molar refractivity (Wildman–Crippen MR) is 28.2 cm³/mol. The normalized spacial score (nSPS) is 6.25. The smallest absolute Gasteiger partial charge is 0.00951 e. The van der Waals surface area contributed by atoms with Gasteiger partial charge in [0.1, 0.15) is 0 Å². The van der Waals surface area contributed by atoms with Gasteiger partial charge in [0.2, 0.25) is 0 Å². The van der Waals surface area contributed by atoms with E-state index in [4.69, 9.17) is 0 Å². The van der Waals surface area contributed by atoms with E-state index >= 15 is 0 Å². The number of thiocarbonyl (C=S) groups is 1. The van der Waals surface area contributed by atoms with Crippen molar-refractivity contribution in [2.75, 3.05) is 6.16 Å². The summed E-state index contributed by atoms with van der Waals surface area (Å²) in [6.07, 6.45) is 0.926. The fraction of sp³-hybridized carbons (Fsp3) is 0.500. The Hall–Kier alpha value is 0.520. The highest BCUT2D eigenvalue weighted by atomic mass is 32.1. The molecule has 0 bridgehead atoms. The molecule has 0 heterocycles. The van der Waals surface area contributed by atoms with Crippen molar-refractivity contribution in [1.29, 1.82) is 0 Å². The molecule has 0 spiro atoms. The molecule has 0 N–H and O–H groups in total. The maximum absolute atomic E-state index is 4.41. The van der Waals surface area contributed by atoms with Crippen LogP contribution in [0, 0.1) is 0 Å². The van der Waals surface area contributed by atoms with E-state index in [2.05, 4.69) is 21.5 Å². The molecule has 0 aromatic rings. The molecule has 1 atom stereocenters. The zero-order valence-electron chi connectivity index (χ0n) is 2.27. The van der Waals surface area contributed by atoms with Crippen LogP contribution in [0.2, 0.25) is 0 Å². The molecule has 0 rings (SSSR count). The first-order valence-electron chi connectivity index (χ1n) is 1.05. The van der Waals surface area contributed by atoms with Crippen molar-refractivity contribution in [3.05, 3.63) is 0 Å². The van der Waals surface area contributed by atoms with Crippen LogP contribution < -0.4 is 0 Å². The SMILES string of the molecule is PCC=S. The quantitative estimate of drug-likeness (QED) is 0.341. The molecule has 0 nitrogen and oxygen atoms in total. The minimum Gasteiger partial charge on any atom is -0.133 e. The molecular weight excluding hydrogens is 87.1 g/mol. The van der Waals surface area contributed by atoms with E-state index < -0.39 is 0 Å². The van der Waals surface area contributed by atoms with Crippen molar-refractivity contribution in [3.63, 3.8) is 0 Å². The summed E-state index contributed by atoms with van der Waals surface area (Å²) >= 11 is 4.41. The van der Waals surface area contributed by atoms with E-state index in [1.807, 2.05) is 0 Å². The van der Waals surface area contributed by atoms with E-state index in [-0.39, 0.29) is 0 Å². The fourth-order valence-corrected chi connectivity index (χ4v) is 0. The lowest BCUT2D eigenvalue weighted by molar-refractivity contribution is 2.18. The van der Waals surface area contributed by atoms with Crippen LogP contribution in [0.1, 0.15) is 0 Å². The lowest BCUT2D eigenvalue weighted by atomic mass is 11.0. The van der Waals surface area contributed by atoms with Gasteiger partial charge in [-0.05, 0) is 11.5 Å². The topological polar surface area (TPSA) is 0 Å². The zero-order chi connectivity index (χ0) is 3.41. The van der Waals surface area contributed by atoms with Gasteiger partial charge in [-0.3, -0.25) is 0 Å². The molecule has 0 saturated heterocycles. The second kappa shape index (κ2) is 3.52. The largest absolute Gasteiger partial charge is 0.133 e. The summed E-state index contributed by atoms with van der Waals surface area (Å²) < 4.78 is 0. The number of hydrogen-bond acceptors (Lipinski definition) is 1. The molecule has 0 aliphatic carbocycles. The van der Waals surface area contributed by atoms with Crippen LogP contribution in [-0.4, -0.2) is 11.5 Å². The summed E-state index contributed by atoms with van der Waals surface area (Å²) in [6.45, 7) is 0. The van der Waals surface area contributed by atoms with E-state index in [0.717, 1.165) is 6.16 Å². The van der Waals surface area contributed by atoms with Crippen LogP contribution in [0.5, 0.6) is 0 Å². The minimum absolute atomic E-state index is 0.926. The minimum atomic E-state index is 0.926. The maximum Gasteiger partial charge on any atom is -0.00951 e. The van der Waals surface area contributed by atoms with Gasteiger partial charge in [-0.15, -0.1) is 9.24 Å². The van der Waals surface area contributed by atoms with Crippen molar-refractivity contribution >= 4 is 26.8 Å². The third-order valence-electron chi connectivity index (χ3n) is 0.0962. The average Bonchev–Trinajstić information content (AvgIpc) is 1.37. The van der Waals surface area contributed by atoms with Crippen LogP contribution in [-0.2, 0) is 0 Å². The predicted octanol–water partition coefficient (Wildman–Crippen LogP) is 0.861. The standard InChI is InChI=1S/C2H5PS/c3-1-2-4/h2H,1,3H2. The molecule has 1 unspecified atom stereocenters. The van der Waals surface area contributed by atoms with Gasteiger partial charge in [0.15, 0.2) is 0 Å². The highest BCUT2D eigenvalue weighted by Gasteiger charge is 1.47. The van der Waals surface area contributed by atoms with Crippen LogP contribution >= 0.6 is 21.5 Å². The van der Waals surface area contributed by atoms with Gasteiger partial charge in [0.05, 0.1) is 0 Å². The summed E-state index contributed by atoms with van der Waals surface area (Å²) in [5.41, 5.74) is 0. The highest BCUT2D eigenvalue weighted by Crippen LogP contribution is 1.69. The molecule has 2 heteroatoms. The van der Waals surface area contributed by atoms with Crippen LogP contribution in [0.3, 0.4) is 0 Å². The third kappa shape index (κ3) is 2.52. The Labute approximate surface area is 33.8 Å². The van der Waals surface area contributed by atoms with Gasteiger partial charge in [-0.1, -0.05) is 12.2 Å². The Morgan fingerprint density at radius 1 is 2.00 bits per heavy atom. The summed E-state index contributed by atoms with van der Waals surface area (Å²) in [6, 6.07) is 0. The van der Waals surface area contributed by atoms with Gasteiger partial charge in [0, 0.05) is 0 Å². The molecule has 4 heavy (non-hydrogen) atoms. The van der Waals surface area contributed by atoms with Crippen molar-refractivity contribution in [2.45, 2.75) is 0 Å².